The van der Waals surface area contributed by atoms with Crippen LogP contribution in [0.3, 0.4) is 0 Å². The first-order valence-corrected chi connectivity index (χ1v) is 12.2. The summed E-state index contributed by atoms with van der Waals surface area (Å²) >= 11 is 0. The molecular weight excluding hydrogens is 462 g/mol. The maximum absolute atomic E-state index is 12.9. The van der Waals surface area contributed by atoms with E-state index in [1.807, 2.05) is 30.3 Å². The van der Waals surface area contributed by atoms with Crippen molar-refractivity contribution in [3.8, 4) is 0 Å². The zero-order valence-electron chi connectivity index (χ0n) is 18.2. The van der Waals surface area contributed by atoms with Gasteiger partial charge in [-0.1, -0.05) is 36.4 Å². The summed E-state index contributed by atoms with van der Waals surface area (Å²) in [5, 5.41) is 2.21. The summed E-state index contributed by atoms with van der Waals surface area (Å²) in [6.45, 7) is -0.155. The number of fused-ring (bicyclic) bond motifs is 1. The average molecular weight is 486 g/mol. The lowest BCUT2D eigenvalue weighted by molar-refractivity contribution is -0.144. The monoisotopic (exact) mass is 485 g/mol. The van der Waals surface area contributed by atoms with Crippen LogP contribution in [0, 0.1) is 0 Å². The van der Waals surface area contributed by atoms with Crippen LogP contribution in [0.4, 0.5) is 0 Å². The predicted octanol–water partition coefficient (Wildman–Crippen LogP) is 0.859. The van der Waals surface area contributed by atoms with Gasteiger partial charge in [-0.15, -0.1) is 0 Å². The Hall–Kier alpha value is -3.57. The molecule has 1 unspecified atom stereocenters. The van der Waals surface area contributed by atoms with Gasteiger partial charge in [-0.2, -0.15) is 0 Å². The van der Waals surface area contributed by atoms with Crippen molar-refractivity contribution < 1.29 is 32.3 Å². The van der Waals surface area contributed by atoms with Gasteiger partial charge in [0.15, 0.2) is 0 Å². The van der Waals surface area contributed by atoms with E-state index in [-0.39, 0.29) is 55.0 Å². The number of ether oxygens (including phenoxy) is 1. The number of amides is 3. The first kappa shape index (κ1) is 23.6. The molecule has 4 rings (SSSR count). The number of sulfonamides is 1. The molecule has 0 aromatic heterocycles. The quantitative estimate of drug-likeness (QED) is 0.418. The maximum Gasteiger partial charge on any atom is 0.307 e. The van der Waals surface area contributed by atoms with Crippen LogP contribution in [-0.4, -0.2) is 49.6 Å². The van der Waals surface area contributed by atoms with Gasteiger partial charge in [-0.3, -0.25) is 24.5 Å². The molecule has 178 valence electrons. The molecule has 0 bridgehead atoms. The van der Waals surface area contributed by atoms with E-state index in [0.717, 1.165) is 5.56 Å². The first-order chi connectivity index (χ1) is 16.3. The largest absolute Gasteiger partial charge is 0.461 e. The molecule has 1 atom stereocenters. The van der Waals surface area contributed by atoms with Crippen molar-refractivity contribution in [1.82, 2.24) is 14.9 Å². The zero-order valence-corrected chi connectivity index (χ0v) is 19.0. The smallest absolute Gasteiger partial charge is 0.307 e. The highest BCUT2D eigenvalue weighted by molar-refractivity contribution is 7.89. The number of esters is 1. The van der Waals surface area contributed by atoms with E-state index in [4.69, 9.17) is 4.74 Å². The summed E-state index contributed by atoms with van der Waals surface area (Å²) in [6, 6.07) is 12.6. The molecule has 3 amide bonds. The number of piperidine rings is 1. The highest BCUT2D eigenvalue weighted by atomic mass is 32.2. The van der Waals surface area contributed by atoms with Gasteiger partial charge in [-0.25, -0.2) is 13.1 Å². The summed E-state index contributed by atoms with van der Waals surface area (Å²) in [7, 11) is -4.04. The molecule has 0 saturated carbocycles. The van der Waals surface area contributed by atoms with Crippen LogP contribution in [0.2, 0.25) is 0 Å². The number of carbonyl (C=O) groups excluding carboxylic acids is 4. The number of hydrogen-bond donors (Lipinski definition) is 2. The lowest BCUT2D eigenvalue weighted by atomic mass is 10.0. The third-order valence-electron chi connectivity index (χ3n) is 5.69. The van der Waals surface area contributed by atoms with Crippen LogP contribution in [0.15, 0.2) is 53.4 Å². The number of imide groups is 1. The Bertz CT molecular complexity index is 1240. The molecule has 1 fully saturated rings. The molecular formula is C23H23N3O7S. The van der Waals surface area contributed by atoms with Crippen LogP contribution in [-0.2, 0) is 42.3 Å². The summed E-state index contributed by atoms with van der Waals surface area (Å²) in [4.78, 5) is 49.7. The van der Waals surface area contributed by atoms with Crippen LogP contribution < -0.4 is 10.0 Å². The SMILES string of the molecule is O=C1CCC(N2Cc3c(cccc3S(=O)(=O)NCCC(=O)OCc3ccccc3)C2=O)C(=O)N1. The molecule has 2 N–H and O–H groups in total. The fourth-order valence-corrected chi connectivity index (χ4v) is 5.27. The molecule has 2 heterocycles. The van der Waals surface area contributed by atoms with Gasteiger partial charge in [-0.05, 0) is 24.1 Å². The molecule has 2 aromatic rings. The summed E-state index contributed by atoms with van der Waals surface area (Å²) < 4.78 is 33.4. The Morgan fingerprint density at radius 3 is 2.59 bits per heavy atom. The second kappa shape index (κ2) is 9.74. The topological polar surface area (TPSA) is 139 Å². The molecule has 0 radical (unpaired) electrons. The van der Waals surface area contributed by atoms with E-state index in [9.17, 15) is 27.6 Å². The molecule has 0 aliphatic carbocycles. The molecule has 2 aromatic carbocycles. The lowest BCUT2D eigenvalue weighted by Crippen LogP contribution is -2.52. The van der Waals surface area contributed by atoms with Crippen LogP contribution >= 0.6 is 0 Å². The maximum atomic E-state index is 12.9. The third kappa shape index (κ3) is 5.00. The third-order valence-corrected chi connectivity index (χ3v) is 7.24. The van der Waals surface area contributed by atoms with E-state index in [1.54, 1.807) is 0 Å². The van der Waals surface area contributed by atoms with Crippen LogP contribution in [0.1, 0.15) is 40.7 Å². The predicted molar refractivity (Wildman–Crippen MR) is 119 cm³/mol. The minimum absolute atomic E-state index is 0.0728. The van der Waals surface area contributed by atoms with E-state index in [1.165, 1.54) is 23.1 Å². The number of carbonyl (C=O) groups is 4. The van der Waals surface area contributed by atoms with Gasteiger partial charge < -0.3 is 9.64 Å². The van der Waals surface area contributed by atoms with Crippen molar-refractivity contribution in [1.29, 1.82) is 0 Å². The molecule has 2 aliphatic rings. The lowest BCUT2D eigenvalue weighted by Gasteiger charge is -2.29. The van der Waals surface area contributed by atoms with Gasteiger partial charge in [0.25, 0.3) is 5.91 Å². The molecule has 2 aliphatic heterocycles. The average Bonchev–Trinajstić information content (AvgIpc) is 3.14. The molecule has 1 saturated heterocycles. The van der Waals surface area contributed by atoms with Gasteiger partial charge in [0, 0.05) is 30.6 Å². The van der Waals surface area contributed by atoms with Gasteiger partial charge in [0.1, 0.15) is 12.6 Å². The van der Waals surface area contributed by atoms with Gasteiger partial charge in [0.2, 0.25) is 21.8 Å². The van der Waals surface area contributed by atoms with E-state index in [0.29, 0.717) is 0 Å². The Labute approximate surface area is 196 Å². The fourth-order valence-electron chi connectivity index (χ4n) is 3.98. The summed E-state index contributed by atoms with van der Waals surface area (Å²) in [6.07, 6.45) is 0.113. The standard InChI is InChI=1S/C23H23N3O7S/c27-20-10-9-18(22(29)25-20)26-13-17-16(23(26)30)7-4-8-19(17)34(31,32)24-12-11-21(28)33-14-15-5-2-1-3-6-15/h1-8,18,24H,9-14H2,(H,25,27,29). The number of nitrogens with zero attached hydrogens (tertiary/aromatic N) is 1. The van der Waals surface area contributed by atoms with E-state index < -0.39 is 39.8 Å². The first-order valence-electron chi connectivity index (χ1n) is 10.7. The van der Waals surface area contributed by atoms with Crippen LogP contribution in [0.25, 0.3) is 0 Å². The van der Waals surface area contributed by atoms with Crippen LogP contribution in [0.5, 0.6) is 0 Å². The zero-order chi connectivity index (χ0) is 24.3. The molecule has 10 nitrogen and oxygen atoms in total. The molecule has 34 heavy (non-hydrogen) atoms. The Morgan fingerprint density at radius 2 is 1.85 bits per heavy atom. The Morgan fingerprint density at radius 1 is 1.09 bits per heavy atom. The van der Waals surface area contributed by atoms with E-state index >= 15 is 0 Å². The van der Waals surface area contributed by atoms with Crippen molar-refractivity contribution in [2.45, 2.75) is 43.4 Å². The van der Waals surface area contributed by atoms with Crippen molar-refractivity contribution in [2.24, 2.45) is 0 Å². The second-order valence-corrected chi connectivity index (χ2v) is 9.71. The minimum Gasteiger partial charge on any atom is -0.461 e. The number of rotatable bonds is 8. The van der Waals surface area contributed by atoms with Gasteiger partial charge >= 0.3 is 5.97 Å². The summed E-state index contributed by atoms with van der Waals surface area (Å²) in [5.74, 6) is -2.00. The number of benzene rings is 2. The normalized spacial score (nSPS) is 17.9. The van der Waals surface area contributed by atoms with Crippen molar-refractivity contribution in [3.63, 3.8) is 0 Å². The van der Waals surface area contributed by atoms with Crippen molar-refractivity contribution in [3.05, 3.63) is 65.2 Å². The minimum atomic E-state index is -4.04. The Balaban J connectivity index is 1.39. The molecule has 0 spiro atoms. The molecule has 11 heteroatoms. The van der Waals surface area contributed by atoms with Gasteiger partial charge in [0.05, 0.1) is 11.3 Å². The van der Waals surface area contributed by atoms with Crippen molar-refractivity contribution in [2.75, 3.05) is 6.54 Å². The number of nitrogens with one attached hydrogen (secondary N) is 2. The highest BCUT2D eigenvalue weighted by Crippen LogP contribution is 2.31. The Kier molecular flexibility index (Phi) is 6.75. The second-order valence-electron chi connectivity index (χ2n) is 7.98. The summed E-state index contributed by atoms with van der Waals surface area (Å²) in [5.41, 5.74) is 1.28. The fraction of sp³-hybridized carbons (Fsp3) is 0.304. The number of hydrogen-bond acceptors (Lipinski definition) is 7. The highest BCUT2D eigenvalue weighted by Gasteiger charge is 2.41. The van der Waals surface area contributed by atoms with Crippen molar-refractivity contribution >= 4 is 33.7 Å². The van der Waals surface area contributed by atoms with E-state index in [2.05, 4.69) is 10.0 Å².